The van der Waals surface area contributed by atoms with Crippen molar-refractivity contribution in [1.82, 2.24) is 0 Å². The minimum Gasteiger partial charge on any atom is -0.465 e. The van der Waals surface area contributed by atoms with Gasteiger partial charge in [-0.1, -0.05) is 0 Å². The molecule has 0 aliphatic heterocycles. The molecule has 0 aromatic carbocycles. The van der Waals surface area contributed by atoms with Crippen LogP contribution in [0.3, 0.4) is 0 Å². The van der Waals surface area contributed by atoms with E-state index in [4.69, 9.17) is 20.9 Å². The second-order valence-electron chi connectivity index (χ2n) is 4.57. The zero-order valence-corrected chi connectivity index (χ0v) is 15.0. The van der Waals surface area contributed by atoms with E-state index in [2.05, 4.69) is 0 Å². The molecule has 22 heavy (non-hydrogen) atoms. The summed E-state index contributed by atoms with van der Waals surface area (Å²) in [6.07, 6.45) is 2.09. The fourth-order valence-electron chi connectivity index (χ4n) is 1.46. The van der Waals surface area contributed by atoms with Gasteiger partial charge in [0.15, 0.2) is 0 Å². The monoisotopic (exact) mass is 352 g/mol. The Balaban J connectivity index is 3.44. The van der Waals surface area contributed by atoms with Crippen molar-refractivity contribution in [2.75, 3.05) is 36.2 Å². The van der Waals surface area contributed by atoms with E-state index in [0.717, 1.165) is 24.3 Å². The lowest BCUT2D eigenvalue weighted by Gasteiger charge is -2.10. The summed E-state index contributed by atoms with van der Waals surface area (Å²) in [5, 5.41) is 0. The number of hydrogen-bond donors (Lipinski definition) is 2. The standard InChI is InChI=1S/C14H28N2O4S2/c1-3-19-13(17)11(15)9-21-7-5-6-8-22-10-12(16)14(18)20-4-2/h11-12H,3-10,15-16H2,1-2H3/t11-,12+. The van der Waals surface area contributed by atoms with Crippen molar-refractivity contribution < 1.29 is 19.1 Å². The number of ether oxygens (including phenoxy) is 2. The maximum atomic E-state index is 11.3. The molecule has 0 aromatic rings. The van der Waals surface area contributed by atoms with E-state index in [1.165, 1.54) is 0 Å². The SMILES string of the molecule is CCOC(=O)[C@H](N)CSCCCCSC[C@H](N)C(=O)OCC. The van der Waals surface area contributed by atoms with E-state index in [9.17, 15) is 9.59 Å². The fraction of sp³-hybridized carbons (Fsp3) is 0.857. The molecule has 0 bridgehead atoms. The van der Waals surface area contributed by atoms with Gasteiger partial charge in [-0.05, 0) is 38.2 Å². The Morgan fingerprint density at radius 2 is 1.23 bits per heavy atom. The summed E-state index contributed by atoms with van der Waals surface area (Å²) >= 11 is 3.31. The van der Waals surface area contributed by atoms with E-state index in [-0.39, 0.29) is 11.9 Å². The Morgan fingerprint density at radius 1 is 0.864 bits per heavy atom. The van der Waals surface area contributed by atoms with Crippen molar-refractivity contribution in [2.24, 2.45) is 11.5 Å². The topological polar surface area (TPSA) is 105 Å². The molecule has 0 aliphatic carbocycles. The van der Waals surface area contributed by atoms with Gasteiger partial charge in [0, 0.05) is 11.5 Å². The van der Waals surface area contributed by atoms with Crippen molar-refractivity contribution >= 4 is 35.5 Å². The van der Waals surface area contributed by atoms with E-state index in [1.807, 2.05) is 0 Å². The lowest BCUT2D eigenvalue weighted by Crippen LogP contribution is -2.34. The number of carbonyl (C=O) groups excluding carboxylic acids is 2. The average molecular weight is 353 g/mol. The Labute approximate surface area is 141 Å². The van der Waals surface area contributed by atoms with Crippen LogP contribution in [-0.4, -0.2) is 60.2 Å². The molecular formula is C14H28N2O4S2. The van der Waals surface area contributed by atoms with Crippen LogP contribution in [-0.2, 0) is 19.1 Å². The lowest BCUT2D eigenvalue weighted by atomic mass is 10.4. The highest BCUT2D eigenvalue weighted by atomic mass is 32.2. The number of hydrogen-bond acceptors (Lipinski definition) is 8. The van der Waals surface area contributed by atoms with Crippen LogP contribution in [0.5, 0.6) is 0 Å². The van der Waals surface area contributed by atoms with Crippen LogP contribution in [0.1, 0.15) is 26.7 Å². The zero-order chi connectivity index (χ0) is 16.8. The molecule has 0 radical (unpaired) electrons. The minimum atomic E-state index is -0.540. The van der Waals surface area contributed by atoms with Gasteiger partial charge in [0.2, 0.25) is 0 Å². The van der Waals surface area contributed by atoms with Crippen LogP contribution in [0.4, 0.5) is 0 Å². The molecule has 0 amide bonds. The Hall–Kier alpha value is -0.440. The highest BCUT2D eigenvalue weighted by molar-refractivity contribution is 7.99. The number of rotatable bonds is 13. The Morgan fingerprint density at radius 3 is 1.55 bits per heavy atom. The highest BCUT2D eigenvalue weighted by Gasteiger charge is 2.14. The Kier molecular flexibility index (Phi) is 13.9. The summed E-state index contributed by atoms with van der Waals surface area (Å²) in [4.78, 5) is 22.6. The third-order valence-electron chi connectivity index (χ3n) is 2.60. The normalized spacial score (nSPS) is 13.5. The minimum absolute atomic E-state index is 0.335. The van der Waals surface area contributed by atoms with Crippen molar-refractivity contribution in [3.8, 4) is 0 Å². The number of nitrogens with two attached hydrogens (primary N) is 2. The van der Waals surface area contributed by atoms with Crippen LogP contribution >= 0.6 is 23.5 Å². The summed E-state index contributed by atoms with van der Waals surface area (Å²) in [7, 11) is 0. The predicted molar refractivity (Wildman–Crippen MR) is 93.1 cm³/mol. The van der Waals surface area contributed by atoms with Crippen molar-refractivity contribution in [3.05, 3.63) is 0 Å². The largest absolute Gasteiger partial charge is 0.465 e. The summed E-state index contributed by atoms with van der Waals surface area (Å²) < 4.78 is 9.69. The van der Waals surface area contributed by atoms with Crippen molar-refractivity contribution in [1.29, 1.82) is 0 Å². The van der Waals surface area contributed by atoms with Gasteiger partial charge >= 0.3 is 11.9 Å². The van der Waals surface area contributed by atoms with Crippen LogP contribution in [0, 0.1) is 0 Å². The molecule has 0 heterocycles. The van der Waals surface area contributed by atoms with Crippen molar-refractivity contribution in [3.63, 3.8) is 0 Å². The molecule has 8 heteroatoms. The van der Waals surface area contributed by atoms with E-state index in [0.29, 0.717) is 24.7 Å². The number of esters is 2. The first-order valence-electron chi connectivity index (χ1n) is 7.52. The first-order chi connectivity index (χ1) is 10.5. The summed E-state index contributed by atoms with van der Waals surface area (Å²) in [6.45, 7) is 4.26. The fourth-order valence-corrected chi connectivity index (χ4v) is 3.39. The van der Waals surface area contributed by atoms with Gasteiger partial charge < -0.3 is 20.9 Å². The molecule has 130 valence electrons. The average Bonchev–Trinajstić information content (AvgIpc) is 2.49. The molecule has 0 aromatic heterocycles. The van der Waals surface area contributed by atoms with Gasteiger partial charge in [0.25, 0.3) is 0 Å². The first-order valence-corrected chi connectivity index (χ1v) is 9.83. The Bertz CT molecular complexity index is 289. The second kappa shape index (κ2) is 14.2. The quantitative estimate of drug-likeness (QED) is 0.374. The molecule has 4 N–H and O–H groups in total. The third-order valence-corrected chi connectivity index (χ3v) is 4.95. The predicted octanol–water partition coefficient (Wildman–Crippen LogP) is 1.01. The summed E-state index contributed by atoms with van der Waals surface area (Å²) in [5.74, 6) is 2.41. The van der Waals surface area contributed by atoms with Crippen molar-refractivity contribution in [2.45, 2.75) is 38.8 Å². The highest BCUT2D eigenvalue weighted by Crippen LogP contribution is 2.11. The smallest absolute Gasteiger partial charge is 0.323 e. The molecule has 0 spiro atoms. The van der Waals surface area contributed by atoms with Gasteiger partial charge in [0.05, 0.1) is 13.2 Å². The molecule has 0 aliphatic rings. The second-order valence-corrected chi connectivity index (χ2v) is 6.87. The maximum Gasteiger partial charge on any atom is 0.323 e. The van der Waals surface area contributed by atoms with Gasteiger partial charge in [-0.25, -0.2) is 0 Å². The molecule has 0 rings (SSSR count). The lowest BCUT2D eigenvalue weighted by molar-refractivity contribution is -0.144. The van der Waals surface area contributed by atoms with Crippen LogP contribution in [0.2, 0.25) is 0 Å². The van der Waals surface area contributed by atoms with E-state index < -0.39 is 12.1 Å². The van der Waals surface area contributed by atoms with E-state index >= 15 is 0 Å². The molecule has 0 fully saturated rings. The zero-order valence-electron chi connectivity index (χ0n) is 13.4. The van der Waals surface area contributed by atoms with Gasteiger partial charge in [-0.15, -0.1) is 0 Å². The summed E-state index contributed by atoms with van der Waals surface area (Å²) in [6, 6.07) is -1.08. The summed E-state index contributed by atoms with van der Waals surface area (Å²) in [5.41, 5.74) is 11.4. The van der Waals surface area contributed by atoms with Crippen LogP contribution in [0.15, 0.2) is 0 Å². The van der Waals surface area contributed by atoms with Gasteiger partial charge in [-0.3, -0.25) is 9.59 Å². The number of unbranched alkanes of at least 4 members (excludes halogenated alkanes) is 1. The molecule has 0 saturated carbocycles. The molecule has 0 unspecified atom stereocenters. The van der Waals surface area contributed by atoms with Gasteiger partial charge in [0.1, 0.15) is 12.1 Å². The maximum absolute atomic E-state index is 11.3. The van der Waals surface area contributed by atoms with Crippen LogP contribution in [0.25, 0.3) is 0 Å². The number of carbonyl (C=O) groups is 2. The first kappa shape index (κ1) is 21.6. The van der Waals surface area contributed by atoms with E-state index in [1.54, 1.807) is 37.4 Å². The molecular weight excluding hydrogens is 324 g/mol. The van der Waals surface area contributed by atoms with Crippen LogP contribution < -0.4 is 11.5 Å². The molecule has 2 atom stereocenters. The molecule has 0 saturated heterocycles. The third kappa shape index (κ3) is 11.2. The molecule has 6 nitrogen and oxygen atoms in total. The van der Waals surface area contributed by atoms with Gasteiger partial charge in [-0.2, -0.15) is 23.5 Å². The number of thioether (sulfide) groups is 2.